The number of rotatable bonds is 6. The van der Waals surface area contributed by atoms with Crippen molar-refractivity contribution in [3.8, 4) is 5.75 Å². The normalized spacial score (nSPS) is 13.0. The predicted molar refractivity (Wildman–Crippen MR) is 68.6 cm³/mol. The lowest BCUT2D eigenvalue weighted by Crippen LogP contribution is -2.31. The number of aromatic hydroxyl groups is 1. The molecule has 0 bridgehead atoms. The molecule has 1 unspecified atom stereocenters. The standard InChI is InChI=1S/C14H23NO/c1-4-11(5-2)15-13(6-3)12-9-7-8-10-14(12)16/h7-11,13,15-16H,4-6H2,1-3H3. The molecule has 1 aromatic rings. The molecule has 0 saturated heterocycles. The summed E-state index contributed by atoms with van der Waals surface area (Å²) < 4.78 is 0. The third-order valence-electron chi connectivity index (χ3n) is 3.14. The van der Waals surface area contributed by atoms with Crippen LogP contribution in [0.1, 0.15) is 51.6 Å². The molecule has 2 heteroatoms. The summed E-state index contributed by atoms with van der Waals surface area (Å²) in [5.74, 6) is 0.396. The van der Waals surface area contributed by atoms with Crippen LogP contribution >= 0.6 is 0 Å². The highest BCUT2D eigenvalue weighted by Crippen LogP contribution is 2.26. The van der Waals surface area contributed by atoms with Gasteiger partial charge < -0.3 is 10.4 Å². The summed E-state index contributed by atoms with van der Waals surface area (Å²) >= 11 is 0. The molecule has 0 radical (unpaired) electrons. The van der Waals surface area contributed by atoms with E-state index >= 15 is 0 Å². The van der Waals surface area contributed by atoms with Crippen molar-refractivity contribution in [2.45, 2.75) is 52.1 Å². The Kier molecular flexibility index (Phi) is 5.33. The minimum absolute atomic E-state index is 0.256. The van der Waals surface area contributed by atoms with Crippen molar-refractivity contribution in [2.24, 2.45) is 0 Å². The molecule has 90 valence electrons. The summed E-state index contributed by atoms with van der Waals surface area (Å²) in [6, 6.07) is 8.39. The lowest BCUT2D eigenvalue weighted by molar-refractivity contribution is 0.390. The predicted octanol–water partition coefficient (Wildman–Crippen LogP) is 3.62. The topological polar surface area (TPSA) is 32.3 Å². The Morgan fingerprint density at radius 1 is 1.06 bits per heavy atom. The Morgan fingerprint density at radius 3 is 2.19 bits per heavy atom. The van der Waals surface area contributed by atoms with E-state index in [0.717, 1.165) is 24.8 Å². The second kappa shape index (κ2) is 6.54. The van der Waals surface area contributed by atoms with E-state index < -0.39 is 0 Å². The molecule has 2 N–H and O–H groups in total. The zero-order valence-electron chi connectivity index (χ0n) is 10.5. The van der Waals surface area contributed by atoms with Crippen molar-refractivity contribution in [1.82, 2.24) is 5.32 Å². The number of phenolic OH excluding ortho intramolecular Hbond substituents is 1. The Morgan fingerprint density at radius 2 is 1.69 bits per heavy atom. The van der Waals surface area contributed by atoms with Gasteiger partial charge in [0.1, 0.15) is 5.75 Å². The summed E-state index contributed by atoms with van der Waals surface area (Å²) in [5, 5.41) is 13.4. The second-order valence-corrected chi connectivity index (χ2v) is 4.20. The summed E-state index contributed by atoms with van der Waals surface area (Å²) in [4.78, 5) is 0. The maximum Gasteiger partial charge on any atom is 0.120 e. The molecule has 1 atom stereocenters. The molecule has 16 heavy (non-hydrogen) atoms. The average Bonchev–Trinajstić information content (AvgIpc) is 2.32. The maximum atomic E-state index is 9.83. The van der Waals surface area contributed by atoms with Crippen molar-refractivity contribution in [2.75, 3.05) is 0 Å². The minimum Gasteiger partial charge on any atom is -0.508 e. The van der Waals surface area contributed by atoms with Gasteiger partial charge in [0, 0.05) is 17.6 Å². The fourth-order valence-corrected chi connectivity index (χ4v) is 2.02. The lowest BCUT2D eigenvalue weighted by atomic mass is 10.0. The van der Waals surface area contributed by atoms with Crippen molar-refractivity contribution in [3.63, 3.8) is 0 Å². The van der Waals surface area contributed by atoms with Gasteiger partial charge in [-0.05, 0) is 25.3 Å². The van der Waals surface area contributed by atoms with Gasteiger partial charge in [0.2, 0.25) is 0 Å². The van der Waals surface area contributed by atoms with E-state index in [1.165, 1.54) is 0 Å². The van der Waals surface area contributed by atoms with Gasteiger partial charge >= 0.3 is 0 Å². The summed E-state index contributed by atoms with van der Waals surface area (Å²) in [5.41, 5.74) is 1.01. The molecule has 0 aliphatic carbocycles. The molecule has 0 aliphatic heterocycles. The van der Waals surface area contributed by atoms with Gasteiger partial charge in [0.25, 0.3) is 0 Å². The van der Waals surface area contributed by atoms with Gasteiger partial charge in [0.05, 0.1) is 0 Å². The van der Waals surface area contributed by atoms with Crippen LogP contribution in [-0.2, 0) is 0 Å². The van der Waals surface area contributed by atoms with Crippen LogP contribution in [0.15, 0.2) is 24.3 Å². The minimum atomic E-state index is 0.256. The fraction of sp³-hybridized carbons (Fsp3) is 0.571. The van der Waals surface area contributed by atoms with E-state index in [4.69, 9.17) is 0 Å². The fourth-order valence-electron chi connectivity index (χ4n) is 2.02. The SMILES string of the molecule is CCC(CC)NC(CC)c1ccccc1O. The summed E-state index contributed by atoms with van der Waals surface area (Å²) in [6.45, 7) is 6.53. The Balaban J connectivity index is 2.78. The van der Waals surface area contributed by atoms with Gasteiger partial charge in [-0.2, -0.15) is 0 Å². The number of nitrogens with one attached hydrogen (secondary N) is 1. The first kappa shape index (κ1) is 13.0. The number of hydrogen-bond donors (Lipinski definition) is 2. The first-order valence-electron chi connectivity index (χ1n) is 6.26. The first-order chi connectivity index (χ1) is 7.72. The van der Waals surface area contributed by atoms with E-state index in [-0.39, 0.29) is 6.04 Å². The molecule has 0 aliphatic rings. The van der Waals surface area contributed by atoms with Gasteiger partial charge in [-0.15, -0.1) is 0 Å². The monoisotopic (exact) mass is 221 g/mol. The molecule has 0 heterocycles. The molecule has 2 nitrogen and oxygen atoms in total. The number of benzene rings is 1. The van der Waals surface area contributed by atoms with Crippen LogP contribution in [-0.4, -0.2) is 11.1 Å². The highest BCUT2D eigenvalue weighted by atomic mass is 16.3. The zero-order valence-corrected chi connectivity index (χ0v) is 10.5. The van der Waals surface area contributed by atoms with Crippen LogP contribution in [0.2, 0.25) is 0 Å². The molecule has 0 saturated carbocycles. The Bertz CT molecular complexity index is 307. The molecule has 0 amide bonds. The molecule has 0 aromatic heterocycles. The van der Waals surface area contributed by atoms with Crippen LogP contribution in [0, 0.1) is 0 Å². The number of phenols is 1. The van der Waals surface area contributed by atoms with E-state index in [1.807, 2.05) is 18.2 Å². The number of para-hydroxylation sites is 1. The van der Waals surface area contributed by atoms with Gasteiger partial charge in [-0.1, -0.05) is 39.0 Å². The second-order valence-electron chi connectivity index (χ2n) is 4.20. The van der Waals surface area contributed by atoms with Gasteiger partial charge in [0.15, 0.2) is 0 Å². The van der Waals surface area contributed by atoms with E-state index in [9.17, 15) is 5.11 Å². The molecule has 0 fully saturated rings. The van der Waals surface area contributed by atoms with Crippen molar-refractivity contribution in [1.29, 1.82) is 0 Å². The van der Waals surface area contributed by atoms with Crippen LogP contribution in [0.25, 0.3) is 0 Å². The van der Waals surface area contributed by atoms with E-state index in [0.29, 0.717) is 11.8 Å². The molecule has 1 rings (SSSR count). The smallest absolute Gasteiger partial charge is 0.120 e. The van der Waals surface area contributed by atoms with E-state index in [2.05, 4.69) is 26.1 Å². The van der Waals surface area contributed by atoms with E-state index in [1.54, 1.807) is 6.07 Å². The summed E-state index contributed by atoms with van der Waals surface area (Å²) in [7, 11) is 0. The average molecular weight is 221 g/mol. The molecule has 0 spiro atoms. The first-order valence-corrected chi connectivity index (χ1v) is 6.26. The highest BCUT2D eigenvalue weighted by molar-refractivity contribution is 5.34. The van der Waals surface area contributed by atoms with Crippen LogP contribution in [0.4, 0.5) is 0 Å². The Labute approximate surface area is 98.7 Å². The maximum absolute atomic E-state index is 9.83. The van der Waals surface area contributed by atoms with Gasteiger partial charge in [-0.3, -0.25) is 0 Å². The van der Waals surface area contributed by atoms with Crippen LogP contribution in [0.5, 0.6) is 5.75 Å². The third kappa shape index (κ3) is 3.24. The van der Waals surface area contributed by atoms with Crippen LogP contribution in [0.3, 0.4) is 0 Å². The molecular weight excluding hydrogens is 198 g/mol. The van der Waals surface area contributed by atoms with Crippen molar-refractivity contribution in [3.05, 3.63) is 29.8 Å². The highest BCUT2D eigenvalue weighted by Gasteiger charge is 2.15. The quantitative estimate of drug-likeness (QED) is 0.769. The van der Waals surface area contributed by atoms with Crippen molar-refractivity contribution < 1.29 is 5.11 Å². The lowest BCUT2D eigenvalue weighted by Gasteiger charge is -2.24. The molecular formula is C14H23NO. The van der Waals surface area contributed by atoms with Crippen molar-refractivity contribution >= 4 is 0 Å². The zero-order chi connectivity index (χ0) is 12.0. The number of hydrogen-bond acceptors (Lipinski definition) is 2. The molecule has 1 aromatic carbocycles. The van der Waals surface area contributed by atoms with Gasteiger partial charge in [-0.25, -0.2) is 0 Å². The third-order valence-corrected chi connectivity index (χ3v) is 3.14. The Hall–Kier alpha value is -1.02. The van der Waals surface area contributed by atoms with Crippen LogP contribution < -0.4 is 5.32 Å². The summed E-state index contributed by atoms with van der Waals surface area (Å²) in [6.07, 6.45) is 3.25. The largest absolute Gasteiger partial charge is 0.508 e.